The van der Waals surface area contributed by atoms with E-state index >= 15 is 0 Å². The number of aliphatic imine (C=N–C) groups is 1. The van der Waals surface area contributed by atoms with E-state index in [1.165, 1.54) is 12.3 Å². The molecule has 0 unspecified atom stereocenters. The van der Waals surface area contributed by atoms with E-state index in [4.69, 9.17) is 9.47 Å². The lowest BCUT2D eigenvalue weighted by Gasteiger charge is -2.14. The van der Waals surface area contributed by atoms with Gasteiger partial charge in [-0.1, -0.05) is 0 Å². The number of pyridine rings is 1. The van der Waals surface area contributed by atoms with Crippen LogP contribution in [0, 0.1) is 0 Å². The highest BCUT2D eigenvalue weighted by atomic mass is 19.4. The minimum absolute atomic E-state index is 0.0312. The largest absolute Gasteiger partial charge is 0.475 e. The molecule has 142 valence electrons. The number of hydrogen-bond donors (Lipinski definition) is 2. The van der Waals surface area contributed by atoms with Gasteiger partial charge in [-0.3, -0.25) is 4.99 Å². The summed E-state index contributed by atoms with van der Waals surface area (Å²) in [5.41, 5.74) is -0.883. The van der Waals surface area contributed by atoms with Gasteiger partial charge in [-0.15, -0.1) is 0 Å². The van der Waals surface area contributed by atoms with E-state index in [9.17, 15) is 13.2 Å². The maximum Gasteiger partial charge on any atom is 0.421 e. The number of halogens is 3. The minimum atomic E-state index is -4.49. The van der Waals surface area contributed by atoms with Gasteiger partial charge < -0.3 is 20.1 Å². The third kappa shape index (κ3) is 8.57. The fourth-order valence-electron chi connectivity index (χ4n) is 1.88. The molecule has 0 aliphatic heterocycles. The van der Waals surface area contributed by atoms with Gasteiger partial charge in [0.15, 0.2) is 5.96 Å². The second-order valence-corrected chi connectivity index (χ2v) is 4.94. The molecule has 0 aliphatic rings. The molecule has 9 heteroatoms. The van der Waals surface area contributed by atoms with Gasteiger partial charge >= 0.3 is 6.18 Å². The number of nitrogens with zero attached hydrogens (tertiary/aromatic N) is 2. The van der Waals surface area contributed by atoms with Crippen LogP contribution in [0.4, 0.5) is 13.2 Å². The van der Waals surface area contributed by atoms with E-state index in [2.05, 4.69) is 20.6 Å². The maximum atomic E-state index is 12.8. The third-order valence-corrected chi connectivity index (χ3v) is 2.97. The summed E-state index contributed by atoms with van der Waals surface area (Å²) in [7, 11) is 0. The molecule has 2 N–H and O–H groups in total. The number of rotatable bonds is 10. The zero-order chi connectivity index (χ0) is 18.5. The van der Waals surface area contributed by atoms with Gasteiger partial charge in [0.2, 0.25) is 5.88 Å². The highest BCUT2D eigenvalue weighted by Gasteiger charge is 2.34. The first kappa shape index (κ1) is 21.0. The normalized spacial score (nSPS) is 12.1. The zero-order valence-electron chi connectivity index (χ0n) is 14.5. The van der Waals surface area contributed by atoms with Crippen molar-refractivity contribution in [3.05, 3.63) is 23.9 Å². The van der Waals surface area contributed by atoms with E-state index < -0.39 is 17.6 Å². The van der Waals surface area contributed by atoms with E-state index in [1.807, 2.05) is 13.8 Å². The summed E-state index contributed by atoms with van der Waals surface area (Å²) >= 11 is 0. The molecule has 0 radical (unpaired) electrons. The van der Waals surface area contributed by atoms with Crippen molar-refractivity contribution in [3.63, 3.8) is 0 Å². The van der Waals surface area contributed by atoms with E-state index in [-0.39, 0.29) is 6.61 Å². The summed E-state index contributed by atoms with van der Waals surface area (Å²) in [5, 5.41) is 6.06. The molecule has 0 spiro atoms. The number of alkyl halides is 3. The standard InChI is InChI=1S/C16H25F3N4O2/c1-3-20-15(22-9-6-11-24-4-2)23-10-12-25-14-13(16(17,18)19)7-5-8-21-14/h5,7-8H,3-4,6,9-12H2,1-2H3,(H2,20,22,23). The molecule has 0 fully saturated rings. The van der Waals surface area contributed by atoms with E-state index in [0.717, 1.165) is 12.5 Å². The van der Waals surface area contributed by atoms with Crippen LogP contribution in [0.25, 0.3) is 0 Å². The number of ether oxygens (including phenoxy) is 2. The molecule has 0 saturated carbocycles. The second kappa shape index (κ2) is 11.5. The Morgan fingerprint density at radius 1 is 1.24 bits per heavy atom. The SMILES string of the molecule is CCNC(=NCCCOCC)NCCOc1ncccc1C(F)(F)F. The van der Waals surface area contributed by atoms with Crippen LogP contribution in [0.1, 0.15) is 25.8 Å². The van der Waals surface area contributed by atoms with Crippen molar-refractivity contribution in [2.45, 2.75) is 26.4 Å². The molecule has 1 aromatic heterocycles. The van der Waals surface area contributed by atoms with Crippen LogP contribution in [0.5, 0.6) is 5.88 Å². The molecular weight excluding hydrogens is 337 g/mol. The van der Waals surface area contributed by atoms with Crippen molar-refractivity contribution in [3.8, 4) is 5.88 Å². The first-order chi connectivity index (χ1) is 12.0. The van der Waals surface area contributed by atoms with Crippen LogP contribution in [-0.4, -0.2) is 50.4 Å². The van der Waals surface area contributed by atoms with E-state index in [0.29, 0.717) is 38.8 Å². The Labute approximate surface area is 145 Å². The van der Waals surface area contributed by atoms with Crippen molar-refractivity contribution >= 4 is 5.96 Å². The summed E-state index contributed by atoms with van der Waals surface area (Å²) in [6.07, 6.45) is -2.43. The molecule has 0 bridgehead atoms. The number of guanidine groups is 1. The van der Waals surface area contributed by atoms with Gasteiger partial charge in [0.05, 0.1) is 6.54 Å². The lowest BCUT2D eigenvalue weighted by atomic mass is 10.2. The first-order valence-electron chi connectivity index (χ1n) is 8.24. The van der Waals surface area contributed by atoms with E-state index in [1.54, 1.807) is 0 Å². The van der Waals surface area contributed by atoms with Gasteiger partial charge in [0.25, 0.3) is 0 Å². The summed E-state index contributed by atoms with van der Waals surface area (Å²) in [6, 6.07) is 2.17. The molecule has 0 saturated heterocycles. The average Bonchev–Trinajstić information content (AvgIpc) is 2.58. The lowest BCUT2D eigenvalue weighted by molar-refractivity contribution is -0.139. The predicted octanol–water partition coefficient (Wildman–Crippen LogP) is 2.46. The Bertz CT molecular complexity index is 524. The molecule has 0 atom stereocenters. The summed E-state index contributed by atoms with van der Waals surface area (Å²) in [6.45, 7) is 6.77. The highest BCUT2D eigenvalue weighted by molar-refractivity contribution is 5.79. The third-order valence-electron chi connectivity index (χ3n) is 2.97. The van der Waals surface area contributed by atoms with Crippen molar-refractivity contribution in [1.82, 2.24) is 15.6 Å². The lowest BCUT2D eigenvalue weighted by Crippen LogP contribution is -2.39. The molecule has 1 heterocycles. The highest BCUT2D eigenvalue weighted by Crippen LogP contribution is 2.34. The Hall–Kier alpha value is -2.03. The molecule has 25 heavy (non-hydrogen) atoms. The van der Waals surface area contributed by atoms with Gasteiger partial charge in [0, 0.05) is 32.5 Å². The summed E-state index contributed by atoms with van der Waals surface area (Å²) in [4.78, 5) is 8.00. The fraction of sp³-hybridized carbons (Fsp3) is 0.625. The summed E-state index contributed by atoms with van der Waals surface area (Å²) in [5.74, 6) is 0.162. The molecule has 0 aliphatic carbocycles. The first-order valence-corrected chi connectivity index (χ1v) is 8.24. The molecule has 1 aromatic rings. The average molecular weight is 362 g/mol. The molecule has 1 rings (SSSR count). The smallest absolute Gasteiger partial charge is 0.421 e. The summed E-state index contributed by atoms with van der Waals surface area (Å²) < 4.78 is 48.9. The molecular formula is C16H25F3N4O2. The Morgan fingerprint density at radius 2 is 2.04 bits per heavy atom. The zero-order valence-corrected chi connectivity index (χ0v) is 14.5. The molecule has 0 aromatic carbocycles. The second-order valence-electron chi connectivity index (χ2n) is 4.94. The van der Waals surface area contributed by atoms with Crippen molar-refractivity contribution in [2.75, 3.05) is 39.5 Å². The van der Waals surface area contributed by atoms with Crippen LogP contribution >= 0.6 is 0 Å². The van der Waals surface area contributed by atoms with Crippen LogP contribution in [0.3, 0.4) is 0 Å². The van der Waals surface area contributed by atoms with Crippen molar-refractivity contribution < 1.29 is 22.6 Å². The van der Waals surface area contributed by atoms with Crippen LogP contribution in [-0.2, 0) is 10.9 Å². The maximum absolute atomic E-state index is 12.8. The van der Waals surface area contributed by atoms with Gasteiger partial charge in [-0.25, -0.2) is 4.98 Å². The topological polar surface area (TPSA) is 67.8 Å². The Kier molecular flexibility index (Phi) is 9.68. The van der Waals surface area contributed by atoms with Crippen LogP contribution in [0.2, 0.25) is 0 Å². The quantitative estimate of drug-likeness (QED) is 0.380. The number of nitrogens with one attached hydrogen (secondary N) is 2. The molecule has 6 nitrogen and oxygen atoms in total. The van der Waals surface area contributed by atoms with Crippen molar-refractivity contribution in [2.24, 2.45) is 4.99 Å². The number of aromatic nitrogens is 1. The minimum Gasteiger partial charge on any atom is -0.475 e. The number of hydrogen-bond acceptors (Lipinski definition) is 4. The van der Waals surface area contributed by atoms with Gasteiger partial charge in [-0.2, -0.15) is 13.2 Å². The predicted molar refractivity (Wildman–Crippen MR) is 89.8 cm³/mol. The van der Waals surface area contributed by atoms with Gasteiger partial charge in [0.1, 0.15) is 12.2 Å². The Balaban J connectivity index is 2.43. The van der Waals surface area contributed by atoms with Crippen LogP contribution in [0.15, 0.2) is 23.3 Å². The van der Waals surface area contributed by atoms with Crippen LogP contribution < -0.4 is 15.4 Å². The van der Waals surface area contributed by atoms with Crippen molar-refractivity contribution in [1.29, 1.82) is 0 Å². The Morgan fingerprint density at radius 3 is 2.72 bits per heavy atom. The molecule has 0 amide bonds. The fourth-order valence-corrected chi connectivity index (χ4v) is 1.88. The van der Waals surface area contributed by atoms with Gasteiger partial charge in [-0.05, 0) is 32.4 Å². The monoisotopic (exact) mass is 362 g/mol.